The van der Waals surface area contributed by atoms with Gasteiger partial charge in [-0.25, -0.2) is 4.79 Å². The molecule has 2 aliphatic rings. The number of benzene rings is 1. The second-order valence-corrected chi connectivity index (χ2v) is 6.82. The van der Waals surface area contributed by atoms with Crippen LogP contribution in [-0.2, 0) is 17.6 Å². The van der Waals surface area contributed by atoms with Gasteiger partial charge in [0.25, 0.3) is 0 Å². The first-order valence-corrected chi connectivity index (χ1v) is 9.12. The lowest BCUT2D eigenvalue weighted by Gasteiger charge is -2.19. The fourth-order valence-corrected chi connectivity index (χ4v) is 3.89. The number of hydrogen-bond donors (Lipinski definition) is 2. The number of rotatable bonds is 4. The van der Waals surface area contributed by atoms with Gasteiger partial charge in [0.05, 0.1) is 5.75 Å². The van der Waals surface area contributed by atoms with Crippen LogP contribution in [0.25, 0.3) is 0 Å². The van der Waals surface area contributed by atoms with E-state index in [0.29, 0.717) is 35.4 Å². The summed E-state index contributed by atoms with van der Waals surface area (Å²) < 4.78 is 11.0. The summed E-state index contributed by atoms with van der Waals surface area (Å²) >= 11 is 1.30. The van der Waals surface area contributed by atoms with E-state index in [-0.39, 0.29) is 17.3 Å². The predicted molar refractivity (Wildman–Crippen MR) is 93.7 cm³/mol. The molecule has 0 spiro atoms. The third-order valence-corrected chi connectivity index (χ3v) is 5.12. The maximum atomic E-state index is 12.2. The number of aromatic nitrogens is 2. The summed E-state index contributed by atoms with van der Waals surface area (Å²) in [6.07, 6.45) is 2.77. The fraction of sp³-hybridized carbons (Fsp3) is 0.353. The molecule has 25 heavy (non-hydrogen) atoms. The molecule has 0 unspecified atom stereocenters. The van der Waals surface area contributed by atoms with E-state index in [9.17, 15) is 9.59 Å². The molecule has 1 aromatic carbocycles. The van der Waals surface area contributed by atoms with Gasteiger partial charge in [0, 0.05) is 23.0 Å². The first-order chi connectivity index (χ1) is 12.2. The second-order valence-electron chi connectivity index (χ2n) is 5.85. The number of amides is 1. The normalized spacial score (nSPS) is 14.9. The Labute approximate surface area is 148 Å². The quantitative estimate of drug-likeness (QED) is 0.638. The van der Waals surface area contributed by atoms with Gasteiger partial charge in [-0.05, 0) is 31.4 Å². The minimum Gasteiger partial charge on any atom is -0.486 e. The predicted octanol–water partition coefficient (Wildman–Crippen LogP) is 1.76. The van der Waals surface area contributed by atoms with E-state index in [1.54, 1.807) is 18.2 Å². The summed E-state index contributed by atoms with van der Waals surface area (Å²) in [4.78, 5) is 30.6. The first-order valence-electron chi connectivity index (χ1n) is 8.13. The first kappa shape index (κ1) is 16.0. The van der Waals surface area contributed by atoms with Crippen molar-refractivity contribution in [1.29, 1.82) is 0 Å². The molecular weight excluding hydrogens is 342 g/mol. The SMILES string of the molecule is O=C(CSc1nc(=O)[nH]c2c1CCC2)Nc1ccc2c(c1)OCCO2. The topological polar surface area (TPSA) is 93.3 Å². The Morgan fingerprint density at radius 2 is 2.08 bits per heavy atom. The highest BCUT2D eigenvalue weighted by Crippen LogP contribution is 2.33. The Hall–Kier alpha value is -2.48. The van der Waals surface area contributed by atoms with Crippen molar-refractivity contribution in [3.63, 3.8) is 0 Å². The van der Waals surface area contributed by atoms with Gasteiger partial charge in [-0.3, -0.25) is 4.79 Å². The molecule has 2 aromatic rings. The smallest absolute Gasteiger partial charge is 0.346 e. The molecule has 0 radical (unpaired) electrons. The summed E-state index contributed by atoms with van der Waals surface area (Å²) in [7, 11) is 0. The minimum absolute atomic E-state index is 0.157. The monoisotopic (exact) mass is 359 g/mol. The minimum atomic E-state index is -0.351. The van der Waals surface area contributed by atoms with Crippen molar-refractivity contribution in [2.75, 3.05) is 24.3 Å². The van der Waals surface area contributed by atoms with Crippen molar-refractivity contribution in [1.82, 2.24) is 9.97 Å². The van der Waals surface area contributed by atoms with Crippen molar-refractivity contribution >= 4 is 23.4 Å². The molecule has 0 atom stereocenters. The standard InChI is InChI=1S/C17H17N3O4S/c21-15(18-10-4-5-13-14(8-10)24-7-6-23-13)9-25-16-11-2-1-3-12(11)19-17(22)20-16/h4-5,8H,1-3,6-7,9H2,(H,18,21)(H,19,20,22). The van der Waals surface area contributed by atoms with Crippen molar-refractivity contribution in [3.05, 3.63) is 39.9 Å². The number of hydrogen-bond acceptors (Lipinski definition) is 6. The van der Waals surface area contributed by atoms with E-state index in [0.717, 1.165) is 30.5 Å². The number of anilines is 1. The Bertz CT molecular complexity index is 881. The lowest BCUT2D eigenvalue weighted by molar-refractivity contribution is -0.113. The Balaban J connectivity index is 1.41. The third kappa shape index (κ3) is 3.48. The summed E-state index contributed by atoms with van der Waals surface area (Å²) in [5, 5.41) is 3.50. The summed E-state index contributed by atoms with van der Waals surface area (Å²) in [6, 6.07) is 5.31. The summed E-state index contributed by atoms with van der Waals surface area (Å²) in [5.41, 5.74) is 2.32. The molecule has 1 aliphatic heterocycles. The molecular formula is C17H17N3O4S. The number of H-pyrrole nitrogens is 1. The number of thioether (sulfide) groups is 1. The van der Waals surface area contributed by atoms with Gasteiger partial charge >= 0.3 is 5.69 Å². The van der Waals surface area contributed by atoms with Gasteiger partial charge in [0.2, 0.25) is 5.91 Å². The number of nitrogens with zero attached hydrogens (tertiary/aromatic N) is 1. The second kappa shape index (κ2) is 6.79. The zero-order chi connectivity index (χ0) is 17.2. The van der Waals surface area contributed by atoms with Crippen LogP contribution in [0.3, 0.4) is 0 Å². The molecule has 0 saturated carbocycles. The van der Waals surface area contributed by atoms with Gasteiger partial charge < -0.3 is 19.8 Å². The zero-order valence-corrected chi connectivity index (χ0v) is 14.3. The average molecular weight is 359 g/mol. The molecule has 0 saturated heterocycles. The van der Waals surface area contributed by atoms with Gasteiger partial charge in [0.15, 0.2) is 11.5 Å². The average Bonchev–Trinajstić information content (AvgIpc) is 3.08. The molecule has 1 amide bonds. The van der Waals surface area contributed by atoms with Gasteiger partial charge in [-0.15, -0.1) is 0 Å². The Morgan fingerprint density at radius 1 is 1.24 bits per heavy atom. The van der Waals surface area contributed by atoms with Crippen LogP contribution in [-0.4, -0.2) is 34.8 Å². The van der Waals surface area contributed by atoms with Crippen LogP contribution in [0.5, 0.6) is 11.5 Å². The Morgan fingerprint density at radius 3 is 2.96 bits per heavy atom. The summed E-state index contributed by atoms with van der Waals surface area (Å²) in [6.45, 7) is 1.03. The summed E-state index contributed by atoms with van der Waals surface area (Å²) in [5.74, 6) is 1.35. The highest BCUT2D eigenvalue weighted by molar-refractivity contribution is 8.00. The number of ether oxygens (including phenoxy) is 2. The maximum absolute atomic E-state index is 12.2. The number of aromatic amines is 1. The molecule has 130 valence electrons. The van der Waals surface area contributed by atoms with Crippen molar-refractivity contribution < 1.29 is 14.3 Å². The number of fused-ring (bicyclic) bond motifs is 2. The molecule has 0 bridgehead atoms. The largest absolute Gasteiger partial charge is 0.486 e. The molecule has 2 heterocycles. The van der Waals surface area contributed by atoms with Crippen molar-refractivity contribution in [3.8, 4) is 11.5 Å². The number of carbonyl (C=O) groups is 1. The van der Waals surface area contributed by atoms with Crippen LogP contribution in [0.4, 0.5) is 5.69 Å². The zero-order valence-electron chi connectivity index (χ0n) is 13.5. The number of nitrogens with one attached hydrogen (secondary N) is 2. The van der Waals surface area contributed by atoms with Crippen molar-refractivity contribution in [2.45, 2.75) is 24.3 Å². The van der Waals surface area contributed by atoms with Crippen LogP contribution in [0.1, 0.15) is 17.7 Å². The van der Waals surface area contributed by atoms with E-state index >= 15 is 0 Å². The van der Waals surface area contributed by atoms with E-state index in [2.05, 4.69) is 15.3 Å². The fourth-order valence-electron chi connectivity index (χ4n) is 3.01. The molecule has 4 rings (SSSR count). The van der Waals surface area contributed by atoms with Crippen LogP contribution in [0, 0.1) is 0 Å². The van der Waals surface area contributed by atoms with Gasteiger partial charge in [0.1, 0.15) is 18.2 Å². The molecule has 1 aliphatic carbocycles. The lowest BCUT2D eigenvalue weighted by atomic mass is 10.2. The van der Waals surface area contributed by atoms with E-state index < -0.39 is 0 Å². The molecule has 0 fully saturated rings. The van der Waals surface area contributed by atoms with E-state index in [1.807, 2.05) is 0 Å². The third-order valence-electron chi connectivity index (χ3n) is 4.10. The number of carbonyl (C=O) groups excluding carboxylic acids is 1. The molecule has 2 N–H and O–H groups in total. The van der Waals surface area contributed by atoms with E-state index in [4.69, 9.17) is 9.47 Å². The molecule has 1 aromatic heterocycles. The maximum Gasteiger partial charge on any atom is 0.346 e. The van der Waals surface area contributed by atoms with Crippen LogP contribution in [0.2, 0.25) is 0 Å². The van der Waals surface area contributed by atoms with Crippen molar-refractivity contribution in [2.24, 2.45) is 0 Å². The van der Waals surface area contributed by atoms with Gasteiger partial charge in [-0.2, -0.15) is 4.98 Å². The Kier molecular flexibility index (Phi) is 4.35. The highest BCUT2D eigenvalue weighted by atomic mass is 32.2. The van der Waals surface area contributed by atoms with Crippen LogP contribution >= 0.6 is 11.8 Å². The lowest BCUT2D eigenvalue weighted by Crippen LogP contribution is -2.18. The van der Waals surface area contributed by atoms with Crippen LogP contribution < -0.4 is 20.5 Å². The van der Waals surface area contributed by atoms with Gasteiger partial charge in [-0.1, -0.05) is 11.8 Å². The molecule has 7 nitrogen and oxygen atoms in total. The highest BCUT2D eigenvalue weighted by Gasteiger charge is 2.19. The number of aryl methyl sites for hydroxylation is 1. The van der Waals surface area contributed by atoms with E-state index in [1.165, 1.54) is 11.8 Å². The molecule has 8 heteroatoms. The van der Waals surface area contributed by atoms with Crippen LogP contribution in [0.15, 0.2) is 28.0 Å².